The molecule has 1 aromatic carbocycles. The average molecular weight is 263 g/mol. The third-order valence-electron chi connectivity index (χ3n) is 3.59. The summed E-state index contributed by atoms with van der Waals surface area (Å²) in [6, 6.07) is 7.81. The Balaban J connectivity index is 1.80. The quantitative estimate of drug-likeness (QED) is 0.875. The van der Waals surface area contributed by atoms with Gasteiger partial charge in [-0.2, -0.15) is 0 Å². The molecule has 1 unspecified atom stereocenters. The third kappa shape index (κ3) is 3.70. The summed E-state index contributed by atoms with van der Waals surface area (Å²) in [5, 5.41) is 9.05. The van der Waals surface area contributed by atoms with Crippen LogP contribution in [0.3, 0.4) is 0 Å². The first-order valence-electron chi connectivity index (χ1n) is 6.83. The number of benzene rings is 1. The predicted molar refractivity (Wildman–Crippen MR) is 73.1 cm³/mol. The summed E-state index contributed by atoms with van der Waals surface area (Å²) in [4.78, 5) is 13.7. The zero-order valence-electron chi connectivity index (χ0n) is 11.3. The number of amides is 1. The van der Waals surface area contributed by atoms with Crippen molar-refractivity contribution in [2.75, 3.05) is 26.3 Å². The van der Waals surface area contributed by atoms with Crippen LogP contribution in [0.4, 0.5) is 0 Å². The highest BCUT2D eigenvalue weighted by molar-refractivity contribution is 5.78. The van der Waals surface area contributed by atoms with Crippen LogP contribution in [-0.2, 0) is 11.2 Å². The van der Waals surface area contributed by atoms with Gasteiger partial charge in [0.2, 0.25) is 0 Å². The Hall–Kier alpha value is -1.55. The van der Waals surface area contributed by atoms with Gasteiger partial charge in [-0.05, 0) is 30.5 Å². The van der Waals surface area contributed by atoms with Gasteiger partial charge < -0.3 is 14.7 Å². The smallest absolute Gasteiger partial charge is 0.260 e. The number of aryl methyl sites for hydroxylation is 1. The molecule has 0 bridgehead atoms. The fourth-order valence-corrected chi connectivity index (χ4v) is 2.27. The van der Waals surface area contributed by atoms with Crippen LogP contribution < -0.4 is 4.74 Å². The van der Waals surface area contributed by atoms with Gasteiger partial charge in [-0.25, -0.2) is 0 Å². The molecule has 0 radical (unpaired) electrons. The Labute approximate surface area is 114 Å². The molecule has 4 heteroatoms. The second kappa shape index (κ2) is 6.57. The van der Waals surface area contributed by atoms with Crippen LogP contribution >= 0.6 is 0 Å². The number of hydrogen-bond donors (Lipinski definition) is 1. The van der Waals surface area contributed by atoms with Crippen LogP contribution in [0.25, 0.3) is 0 Å². The standard InChI is InChI=1S/C15H21NO3/c1-2-12-3-5-14(6-4-12)19-11-15(18)16-8-7-13(9-16)10-17/h3-6,13,17H,2,7-11H2,1H3. The van der Waals surface area contributed by atoms with Crippen molar-refractivity contribution in [3.8, 4) is 5.75 Å². The van der Waals surface area contributed by atoms with Crippen molar-refractivity contribution in [2.24, 2.45) is 5.92 Å². The number of aliphatic hydroxyl groups is 1. The highest BCUT2D eigenvalue weighted by Crippen LogP contribution is 2.16. The minimum Gasteiger partial charge on any atom is -0.484 e. The SMILES string of the molecule is CCc1ccc(OCC(=O)N2CCC(CO)C2)cc1. The first kappa shape index (κ1) is 13.9. The molecule has 1 amide bonds. The summed E-state index contributed by atoms with van der Waals surface area (Å²) in [7, 11) is 0. The van der Waals surface area contributed by atoms with Crippen LogP contribution in [0.15, 0.2) is 24.3 Å². The lowest BCUT2D eigenvalue weighted by Crippen LogP contribution is -2.33. The van der Waals surface area contributed by atoms with Gasteiger partial charge in [0.05, 0.1) is 0 Å². The molecule has 0 aliphatic carbocycles. The van der Waals surface area contributed by atoms with E-state index in [1.54, 1.807) is 4.90 Å². The van der Waals surface area contributed by atoms with Gasteiger partial charge in [-0.3, -0.25) is 4.79 Å². The molecular formula is C15H21NO3. The molecule has 1 fully saturated rings. The van der Waals surface area contributed by atoms with Gasteiger partial charge in [-0.1, -0.05) is 19.1 Å². The minimum absolute atomic E-state index is 0.00415. The lowest BCUT2D eigenvalue weighted by Gasteiger charge is -2.16. The maximum absolute atomic E-state index is 11.9. The zero-order chi connectivity index (χ0) is 13.7. The second-order valence-electron chi connectivity index (χ2n) is 4.96. The molecule has 1 heterocycles. The number of carbonyl (C=O) groups is 1. The van der Waals surface area contributed by atoms with Crippen molar-refractivity contribution in [2.45, 2.75) is 19.8 Å². The predicted octanol–water partition coefficient (Wildman–Crippen LogP) is 1.47. The summed E-state index contributed by atoms with van der Waals surface area (Å²) >= 11 is 0. The molecule has 0 saturated carbocycles. The topological polar surface area (TPSA) is 49.8 Å². The molecule has 1 atom stereocenters. The molecule has 1 aromatic rings. The summed E-state index contributed by atoms with van der Waals surface area (Å²) in [6.45, 7) is 3.70. The van der Waals surface area contributed by atoms with E-state index in [9.17, 15) is 4.79 Å². The number of likely N-dealkylation sites (tertiary alicyclic amines) is 1. The van der Waals surface area contributed by atoms with E-state index in [1.807, 2.05) is 24.3 Å². The van der Waals surface area contributed by atoms with Crippen molar-refractivity contribution >= 4 is 5.91 Å². The third-order valence-corrected chi connectivity index (χ3v) is 3.59. The second-order valence-corrected chi connectivity index (χ2v) is 4.96. The van der Waals surface area contributed by atoms with Crippen LogP contribution in [-0.4, -0.2) is 42.2 Å². The number of rotatable bonds is 5. The van der Waals surface area contributed by atoms with Crippen molar-refractivity contribution in [3.63, 3.8) is 0 Å². The average Bonchev–Trinajstić information content (AvgIpc) is 2.94. The van der Waals surface area contributed by atoms with E-state index in [4.69, 9.17) is 9.84 Å². The number of ether oxygens (including phenoxy) is 1. The van der Waals surface area contributed by atoms with E-state index in [0.29, 0.717) is 6.54 Å². The lowest BCUT2D eigenvalue weighted by atomic mass is 10.1. The van der Waals surface area contributed by atoms with Gasteiger partial charge in [0.1, 0.15) is 5.75 Å². The molecular weight excluding hydrogens is 242 g/mol. The molecule has 0 spiro atoms. The lowest BCUT2D eigenvalue weighted by molar-refractivity contribution is -0.132. The molecule has 1 N–H and O–H groups in total. The summed E-state index contributed by atoms with van der Waals surface area (Å²) in [5.41, 5.74) is 1.25. The number of hydrogen-bond acceptors (Lipinski definition) is 3. The van der Waals surface area contributed by atoms with Gasteiger partial charge in [0, 0.05) is 25.6 Å². The fraction of sp³-hybridized carbons (Fsp3) is 0.533. The Morgan fingerprint density at radius 3 is 2.74 bits per heavy atom. The van der Waals surface area contributed by atoms with E-state index in [2.05, 4.69) is 6.92 Å². The first-order chi connectivity index (χ1) is 9.22. The summed E-state index contributed by atoms with van der Waals surface area (Å²) in [6.07, 6.45) is 1.88. The Kier molecular flexibility index (Phi) is 4.80. The van der Waals surface area contributed by atoms with Crippen molar-refractivity contribution in [3.05, 3.63) is 29.8 Å². The molecule has 4 nitrogen and oxygen atoms in total. The van der Waals surface area contributed by atoms with Crippen LogP contribution in [0, 0.1) is 5.92 Å². The van der Waals surface area contributed by atoms with Gasteiger partial charge in [0.25, 0.3) is 5.91 Å². The maximum Gasteiger partial charge on any atom is 0.260 e. The number of nitrogens with zero attached hydrogens (tertiary/aromatic N) is 1. The Morgan fingerprint density at radius 2 is 2.16 bits per heavy atom. The van der Waals surface area contributed by atoms with Gasteiger partial charge in [-0.15, -0.1) is 0 Å². The number of aliphatic hydroxyl groups excluding tert-OH is 1. The normalized spacial score (nSPS) is 18.6. The van der Waals surface area contributed by atoms with Crippen molar-refractivity contribution in [1.82, 2.24) is 4.90 Å². The highest BCUT2D eigenvalue weighted by Gasteiger charge is 2.25. The monoisotopic (exact) mass is 263 g/mol. The molecule has 19 heavy (non-hydrogen) atoms. The fourth-order valence-electron chi connectivity index (χ4n) is 2.27. The molecule has 1 saturated heterocycles. The van der Waals surface area contributed by atoms with Crippen LogP contribution in [0.1, 0.15) is 18.9 Å². The Bertz CT molecular complexity index is 416. The maximum atomic E-state index is 11.9. The van der Waals surface area contributed by atoms with Crippen LogP contribution in [0.2, 0.25) is 0 Å². The largest absolute Gasteiger partial charge is 0.484 e. The number of carbonyl (C=O) groups excluding carboxylic acids is 1. The first-order valence-corrected chi connectivity index (χ1v) is 6.83. The highest BCUT2D eigenvalue weighted by atomic mass is 16.5. The van der Waals surface area contributed by atoms with Crippen LogP contribution in [0.5, 0.6) is 5.75 Å². The van der Waals surface area contributed by atoms with E-state index >= 15 is 0 Å². The van der Waals surface area contributed by atoms with Crippen molar-refractivity contribution < 1.29 is 14.6 Å². The van der Waals surface area contributed by atoms with E-state index in [0.717, 1.165) is 25.1 Å². The molecule has 104 valence electrons. The molecule has 2 rings (SSSR count). The van der Waals surface area contributed by atoms with Gasteiger partial charge >= 0.3 is 0 Å². The summed E-state index contributed by atoms with van der Waals surface area (Å²) in [5.74, 6) is 0.951. The molecule has 1 aliphatic rings. The van der Waals surface area contributed by atoms with E-state index in [1.165, 1.54) is 5.56 Å². The minimum atomic E-state index is -0.00415. The Morgan fingerprint density at radius 1 is 1.42 bits per heavy atom. The van der Waals surface area contributed by atoms with Crippen molar-refractivity contribution in [1.29, 1.82) is 0 Å². The van der Waals surface area contributed by atoms with Gasteiger partial charge in [0.15, 0.2) is 6.61 Å². The van der Waals surface area contributed by atoms with E-state index < -0.39 is 0 Å². The molecule has 1 aliphatic heterocycles. The summed E-state index contributed by atoms with van der Waals surface area (Å²) < 4.78 is 5.49. The molecule has 0 aromatic heterocycles. The van der Waals surface area contributed by atoms with E-state index in [-0.39, 0.29) is 25.0 Å². The zero-order valence-corrected chi connectivity index (χ0v) is 11.3.